The second kappa shape index (κ2) is 9.63. The number of piperidine rings is 1. The third kappa shape index (κ3) is 4.47. The highest BCUT2D eigenvalue weighted by Crippen LogP contribution is 2.32. The van der Waals surface area contributed by atoms with Crippen molar-refractivity contribution in [3.8, 4) is 16.9 Å². The van der Waals surface area contributed by atoms with Crippen LogP contribution in [0.1, 0.15) is 38.2 Å². The van der Waals surface area contributed by atoms with E-state index >= 15 is 0 Å². The SMILES string of the molecule is Cc1c(-c2ccc(OC3CCN(C(=O)O)C(C(C)N4CCCC4)C3)cc2)ccc2cccnc12. The van der Waals surface area contributed by atoms with Gasteiger partial charge in [0.05, 0.1) is 11.6 Å². The number of pyridine rings is 1. The maximum absolute atomic E-state index is 11.9. The number of carbonyl (C=O) groups is 1. The van der Waals surface area contributed by atoms with Crippen LogP contribution in [0.3, 0.4) is 0 Å². The van der Waals surface area contributed by atoms with Crippen molar-refractivity contribution in [1.82, 2.24) is 14.8 Å². The number of nitrogens with zero attached hydrogens (tertiary/aromatic N) is 3. The molecule has 6 nitrogen and oxygen atoms in total. The summed E-state index contributed by atoms with van der Waals surface area (Å²) in [4.78, 5) is 20.5. The molecule has 0 aliphatic carbocycles. The standard InChI is InChI=1S/C28H33N3O3/c1-19-25(12-9-22-6-5-14-29-27(19)22)21-7-10-23(11-8-21)34-24-13-17-31(28(32)33)26(18-24)20(2)30-15-3-4-16-30/h5-12,14,20,24,26H,3-4,13,15-18H2,1-2H3,(H,32,33). The Morgan fingerprint density at radius 1 is 1.09 bits per heavy atom. The largest absolute Gasteiger partial charge is 0.490 e. The highest BCUT2D eigenvalue weighted by molar-refractivity contribution is 5.88. The Labute approximate surface area is 201 Å². The monoisotopic (exact) mass is 459 g/mol. The summed E-state index contributed by atoms with van der Waals surface area (Å²) >= 11 is 0. The molecule has 3 atom stereocenters. The predicted molar refractivity (Wildman–Crippen MR) is 134 cm³/mol. The quantitative estimate of drug-likeness (QED) is 0.539. The number of aryl methyl sites for hydroxylation is 1. The fourth-order valence-corrected chi connectivity index (χ4v) is 5.67. The average molecular weight is 460 g/mol. The van der Waals surface area contributed by atoms with Gasteiger partial charge in [-0.15, -0.1) is 0 Å². The number of hydrogen-bond acceptors (Lipinski definition) is 4. The van der Waals surface area contributed by atoms with Crippen LogP contribution in [0.5, 0.6) is 5.75 Å². The van der Waals surface area contributed by atoms with Crippen molar-refractivity contribution in [2.75, 3.05) is 19.6 Å². The number of carboxylic acid groups (broad SMARTS) is 1. The summed E-state index contributed by atoms with van der Waals surface area (Å²) in [5.74, 6) is 0.835. The summed E-state index contributed by atoms with van der Waals surface area (Å²) in [6.07, 6.45) is 4.87. The highest BCUT2D eigenvalue weighted by Gasteiger charge is 2.38. The zero-order valence-electron chi connectivity index (χ0n) is 20.0. The summed E-state index contributed by atoms with van der Waals surface area (Å²) in [6, 6.07) is 16.7. The van der Waals surface area contributed by atoms with Gasteiger partial charge in [0.25, 0.3) is 0 Å². The van der Waals surface area contributed by atoms with Crippen molar-refractivity contribution in [1.29, 1.82) is 0 Å². The molecule has 1 N–H and O–H groups in total. The number of benzene rings is 2. The van der Waals surface area contributed by atoms with Gasteiger partial charge >= 0.3 is 6.09 Å². The van der Waals surface area contributed by atoms with E-state index in [1.165, 1.54) is 24.0 Å². The van der Waals surface area contributed by atoms with Gasteiger partial charge in [0.15, 0.2) is 0 Å². The maximum Gasteiger partial charge on any atom is 0.407 e. The molecule has 2 aromatic carbocycles. The summed E-state index contributed by atoms with van der Waals surface area (Å²) in [6.45, 7) is 6.92. The molecular weight excluding hydrogens is 426 g/mol. The summed E-state index contributed by atoms with van der Waals surface area (Å²) in [5, 5.41) is 10.9. The van der Waals surface area contributed by atoms with Crippen LogP contribution in [-0.4, -0.2) is 63.8 Å². The second-order valence-electron chi connectivity index (χ2n) is 9.63. The van der Waals surface area contributed by atoms with Crippen LogP contribution < -0.4 is 4.74 Å². The lowest BCUT2D eigenvalue weighted by molar-refractivity contribution is 0.0214. The number of rotatable bonds is 5. The Bertz CT molecular complexity index is 1160. The Morgan fingerprint density at radius 3 is 2.59 bits per heavy atom. The molecule has 2 saturated heterocycles. The molecule has 0 radical (unpaired) electrons. The minimum Gasteiger partial charge on any atom is -0.490 e. The Kier molecular flexibility index (Phi) is 6.42. The smallest absolute Gasteiger partial charge is 0.407 e. The molecule has 6 heteroatoms. The Morgan fingerprint density at radius 2 is 1.85 bits per heavy atom. The van der Waals surface area contributed by atoms with E-state index in [2.05, 4.69) is 54.1 Å². The lowest BCUT2D eigenvalue weighted by atomic mass is 9.93. The van der Waals surface area contributed by atoms with E-state index < -0.39 is 6.09 Å². The average Bonchev–Trinajstić information content (AvgIpc) is 3.40. The van der Waals surface area contributed by atoms with Gasteiger partial charge in [-0.25, -0.2) is 4.79 Å². The van der Waals surface area contributed by atoms with E-state index in [9.17, 15) is 9.90 Å². The van der Waals surface area contributed by atoms with Crippen LogP contribution >= 0.6 is 0 Å². The van der Waals surface area contributed by atoms with E-state index in [0.717, 1.165) is 41.7 Å². The van der Waals surface area contributed by atoms with Gasteiger partial charge in [0.1, 0.15) is 11.9 Å². The second-order valence-corrected chi connectivity index (χ2v) is 9.63. The molecular formula is C28H33N3O3. The number of likely N-dealkylation sites (tertiary alicyclic amines) is 2. The van der Waals surface area contributed by atoms with Gasteiger partial charge in [-0.3, -0.25) is 9.88 Å². The molecule has 5 rings (SSSR count). The van der Waals surface area contributed by atoms with Crippen LogP contribution in [0.25, 0.3) is 22.0 Å². The van der Waals surface area contributed by atoms with Gasteiger partial charge in [0, 0.05) is 37.0 Å². The van der Waals surface area contributed by atoms with Crippen molar-refractivity contribution in [2.45, 2.75) is 57.7 Å². The Balaban J connectivity index is 1.30. The van der Waals surface area contributed by atoms with E-state index in [4.69, 9.17) is 4.74 Å². The van der Waals surface area contributed by atoms with Crippen molar-refractivity contribution in [2.24, 2.45) is 0 Å². The van der Waals surface area contributed by atoms with Crippen molar-refractivity contribution >= 4 is 17.0 Å². The first-order chi connectivity index (χ1) is 16.5. The first-order valence-corrected chi connectivity index (χ1v) is 12.4. The molecule has 0 saturated carbocycles. The fraction of sp³-hybridized carbons (Fsp3) is 0.429. The van der Waals surface area contributed by atoms with E-state index in [-0.39, 0.29) is 18.2 Å². The highest BCUT2D eigenvalue weighted by atomic mass is 16.5. The molecule has 0 bridgehead atoms. The summed E-state index contributed by atoms with van der Waals surface area (Å²) in [7, 11) is 0. The van der Waals surface area contributed by atoms with Crippen LogP contribution in [0.4, 0.5) is 4.79 Å². The number of ether oxygens (including phenoxy) is 1. The predicted octanol–water partition coefficient (Wildman–Crippen LogP) is 5.58. The van der Waals surface area contributed by atoms with Crippen LogP contribution in [0, 0.1) is 6.92 Å². The van der Waals surface area contributed by atoms with Crippen molar-refractivity contribution in [3.05, 3.63) is 60.3 Å². The Hall–Kier alpha value is -3.12. The maximum atomic E-state index is 11.9. The minimum atomic E-state index is -0.820. The molecule has 0 spiro atoms. The van der Waals surface area contributed by atoms with E-state index in [0.29, 0.717) is 13.0 Å². The molecule has 178 valence electrons. The van der Waals surface area contributed by atoms with Crippen molar-refractivity contribution in [3.63, 3.8) is 0 Å². The van der Waals surface area contributed by atoms with E-state index in [1.807, 2.05) is 24.4 Å². The molecule has 2 aliphatic rings. The third-order valence-corrected chi connectivity index (χ3v) is 7.61. The number of hydrogen-bond donors (Lipinski definition) is 1. The minimum absolute atomic E-state index is 0.0168. The van der Waals surface area contributed by atoms with Gasteiger partial charge in [0.2, 0.25) is 0 Å². The topological polar surface area (TPSA) is 65.9 Å². The first-order valence-electron chi connectivity index (χ1n) is 12.4. The van der Waals surface area contributed by atoms with Crippen LogP contribution in [0.2, 0.25) is 0 Å². The number of amides is 1. The first kappa shape index (κ1) is 22.7. The van der Waals surface area contributed by atoms with Crippen LogP contribution in [-0.2, 0) is 0 Å². The number of aromatic nitrogens is 1. The molecule has 2 fully saturated rings. The van der Waals surface area contributed by atoms with Gasteiger partial charge in [-0.05, 0) is 74.7 Å². The molecule has 1 aromatic heterocycles. The lowest BCUT2D eigenvalue weighted by Crippen LogP contribution is -2.56. The van der Waals surface area contributed by atoms with Gasteiger partial charge in [-0.1, -0.05) is 30.3 Å². The zero-order chi connectivity index (χ0) is 23.7. The molecule has 3 aromatic rings. The molecule has 1 amide bonds. The molecule has 2 aliphatic heterocycles. The summed E-state index contributed by atoms with van der Waals surface area (Å²) < 4.78 is 6.37. The molecule has 34 heavy (non-hydrogen) atoms. The van der Waals surface area contributed by atoms with Crippen molar-refractivity contribution < 1.29 is 14.6 Å². The number of fused-ring (bicyclic) bond motifs is 1. The molecule has 3 heterocycles. The molecule has 3 unspecified atom stereocenters. The van der Waals surface area contributed by atoms with Gasteiger partial charge in [-0.2, -0.15) is 0 Å². The van der Waals surface area contributed by atoms with Gasteiger partial charge < -0.3 is 14.7 Å². The third-order valence-electron chi connectivity index (χ3n) is 7.61. The fourth-order valence-electron chi connectivity index (χ4n) is 5.67. The lowest BCUT2D eigenvalue weighted by Gasteiger charge is -2.43. The summed E-state index contributed by atoms with van der Waals surface area (Å²) in [5.41, 5.74) is 4.51. The normalized spacial score (nSPS) is 22.1. The van der Waals surface area contributed by atoms with E-state index in [1.54, 1.807) is 4.90 Å². The van der Waals surface area contributed by atoms with Crippen LogP contribution in [0.15, 0.2) is 54.7 Å². The zero-order valence-corrected chi connectivity index (χ0v) is 20.0.